The van der Waals surface area contributed by atoms with E-state index in [-0.39, 0.29) is 5.91 Å². The molecule has 1 saturated heterocycles. The molecular weight excluding hydrogens is 440 g/mol. The maximum Gasteiger partial charge on any atom is 0.231 e. The van der Waals surface area contributed by atoms with Crippen molar-refractivity contribution in [1.29, 1.82) is 0 Å². The lowest BCUT2D eigenvalue weighted by Gasteiger charge is -2.29. The lowest BCUT2D eigenvalue weighted by atomic mass is 9.89. The summed E-state index contributed by atoms with van der Waals surface area (Å²) in [6.45, 7) is 3.72. The van der Waals surface area contributed by atoms with E-state index in [0.717, 1.165) is 43.9 Å². The van der Waals surface area contributed by atoms with Gasteiger partial charge in [-0.25, -0.2) is 0 Å². The van der Waals surface area contributed by atoms with Gasteiger partial charge in [-0.1, -0.05) is 109 Å². The Morgan fingerprint density at radius 2 is 1.14 bits per heavy atom. The maximum absolute atomic E-state index is 13.7. The summed E-state index contributed by atoms with van der Waals surface area (Å²) in [6, 6.07) is 41.8. The molecule has 5 rings (SSSR count). The second-order valence-electron chi connectivity index (χ2n) is 9.89. The van der Waals surface area contributed by atoms with Crippen LogP contribution in [0.25, 0.3) is 0 Å². The minimum atomic E-state index is 0.160. The minimum absolute atomic E-state index is 0.160. The van der Waals surface area contributed by atoms with Gasteiger partial charge in [-0.3, -0.25) is 9.69 Å². The van der Waals surface area contributed by atoms with Gasteiger partial charge in [0.2, 0.25) is 5.91 Å². The summed E-state index contributed by atoms with van der Waals surface area (Å²) in [6.07, 6.45) is 1.45. The Bertz CT molecular complexity index is 1210. The Morgan fingerprint density at radius 1 is 0.639 bits per heavy atom. The molecule has 4 aromatic rings. The number of amides is 1. The Hall–Kier alpha value is -3.69. The van der Waals surface area contributed by atoms with E-state index in [1.165, 1.54) is 11.1 Å². The molecule has 3 nitrogen and oxygen atoms in total. The molecule has 36 heavy (non-hydrogen) atoms. The molecule has 1 aliphatic heterocycles. The molecule has 0 N–H and O–H groups in total. The molecule has 1 fully saturated rings. The first-order chi connectivity index (χ1) is 17.7. The Labute approximate surface area is 215 Å². The molecule has 3 heteroatoms. The summed E-state index contributed by atoms with van der Waals surface area (Å²) in [5.74, 6) is 1.05. The van der Waals surface area contributed by atoms with Crippen molar-refractivity contribution in [3.05, 3.63) is 138 Å². The lowest BCUT2D eigenvalue weighted by molar-refractivity contribution is -0.118. The second-order valence-corrected chi connectivity index (χ2v) is 9.89. The van der Waals surface area contributed by atoms with Gasteiger partial charge in [0.15, 0.2) is 0 Å². The van der Waals surface area contributed by atoms with Gasteiger partial charge in [0.25, 0.3) is 0 Å². The van der Waals surface area contributed by atoms with Gasteiger partial charge >= 0.3 is 0 Å². The van der Waals surface area contributed by atoms with Crippen LogP contribution in [-0.4, -0.2) is 30.4 Å². The lowest BCUT2D eigenvalue weighted by Crippen LogP contribution is -2.39. The molecule has 1 heterocycles. The maximum atomic E-state index is 13.7. The predicted molar refractivity (Wildman–Crippen MR) is 148 cm³/mol. The zero-order valence-electron chi connectivity index (χ0n) is 20.7. The van der Waals surface area contributed by atoms with Crippen molar-refractivity contribution < 1.29 is 4.79 Å². The topological polar surface area (TPSA) is 23.6 Å². The highest BCUT2D eigenvalue weighted by Gasteiger charge is 2.35. The third-order valence-electron chi connectivity index (χ3n) is 7.23. The van der Waals surface area contributed by atoms with Gasteiger partial charge in [0.05, 0.1) is 6.42 Å². The molecular formula is C33H34N2O. The van der Waals surface area contributed by atoms with Crippen LogP contribution in [0.2, 0.25) is 0 Å². The number of rotatable bonds is 9. The van der Waals surface area contributed by atoms with Gasteiger partial charge in [-0.15, -0.1) is 0 Å². The highest BCUT2D eigenvalue weighted by Crippen LogP contribution is 2.31. The van der Waals surface area contributed by atoms with E-state index in [2.05, 4.69) is 77.7 Å². The summed E-state index contributed by atoms with van der Waals surface area (Å²) < 4.78 is 0. The third kappa shape index (κ3) is 6.30. The molecule has 0 aromatic heterocycles. The van der Waals surface area contributed by atoms with E-state index < -0.39 is 0 Å². The number of benzene rings is 4. The standard InChI is InChI=1S/C33H34N2O/c36-33(22-28-15-7-2-8-16-28)35(32-19-11-4-12-20-32)26-31-25-34(23-29-17-9-3-10-18-29)24-30(31)21-27-13-5-1-6-14-27/h1-20,30-31H,21-26H2. The minimum Gasteiger partial charge on any atom is -0.312 e. The average Bonchev–Trinajstić information content (AvgIpc) is 3.29. The number of hydrogen-bond acceptors (Lipinski definition) is 2. The highest BCUT2D eigenvalue weighted by molar-refractivity contribution is 5.94. The summed E-state index contributed by atoms with van der Waals surface area (Å²) in [4.78, 5) is 18.2. The largest absolute Gasteiger partial charge is 0.312 e. The summed E-state index contributed by atoms with van der Waals surface area (Å²) in [5, 5.41) is 0. The average molecular weight is 475 g/mol. The van der Waals surface area contributed by atoms with E-state index in [4.69, 9.17) is 0 Å². The summed E-state index contributed by atoms with van der Waals surface area (Å²) in [7, 11) is 0. The van der Waals surface area contributed by atoms with Gasteiger partial charge in [-0.05, 0) is 47.1 Å². The number of nitrogens with zero attached hydrogens (tertiary/aromatic N) is 2. The number of anilines is 1. The first-order valence-corrected chi connectivity index (χ1v) is 12.9. The highest BCUT2D eigenvalue weighted by atomic mass is 16.2. The Kier molecular flexibility index (Phi) is 7.89. The van der Waals surface area contributed by atoms with E-state index >= 15 is 0 Å². The summed E-state index contributed by atoms with van der Waals surface area (Å²) in [5.41, 5.74) is 4.76. The van der Waals surface area contributed by atoms with Crippen molar-refractivity contribution in [3.8, 4) is 0 Å². The second kappa shape index (κ2) is 11.8. The van der Waals surface area contributed by atoms with Crippen molar-refractivity contribution >= 4 is 11.6 Å². The molecule has 0 spiro atoms. The van der Waals surface area contributed by atoms with Crippen molar-refractivity contribution in [2.24, 2.45) is 11.8 Å². The molecule has 182 valence electrons. The predicted octanol–water partition coefficient (Wildman–Crippen LogP) is 6.25. The number of hydrogen-bond donors (Lipinski definition) is 0. The van der Waals surface area contributed by atoms with E-state index in [1.807, 2.05) is 53.4 Å². The van der Waals surface area contributed by atoms with Gasteiger partial charge in [-0.2, -0.15) is 0 Å². The molecule has 0 aliphatic carbocycles. The van der Waals surface area contributed by atoms with Crippen molar-refractivity contribution in [1.82, 2.24) is 4.90 Å². The molecule has 1 amide bonds. The number of para-hydroxylation sites is 1. The normalized spacial score (nSPS) is 17.7. The number of carbonyl (C=O) groups excluding carboxylic acids is 1. The summed E-state index contributed by atoms with van der Waals surface area (Å²) >= 11 is 0. The fraction of sp³-hybridized carbons (Fsp3) is 0.242. The van der Waals surface area contributed by atoms with Crippen LogP contribution in [0.1, 0.15) is 16.7 Å². The van der Waals surface area contributed by atoms with Crippen LogP contribution in [0.15, 0.2) is 121 Å². The van der Waals surface area contributed by atoms with Crippen LogP contribution in [-0.2, 0) is 24.2 Å². The molecule has 4 aromatic carbocycles. The molecule has 2 unspecified atom stereocenters. The van der Waals surface area contributed by atoms with Crippen LogP contribution in [0.4, 0.5) is 5.69 Å². The molecule has 0 radical (unpaired) electrons. The molecule has 1 aliphatic rings. The van der Waals surface area contributed by atoms with Crippen LogP contribution in [0.5, 0.6) is 0 Å². The van der Waals surface area contributed by atoms with Crippen LogP contribution in [0.3, 0.4) is 0 Å². The molecule has 0 bridgehead atoms. The zero-order valence-corrected chi connectivity index (χ0v) is 20.7. The quantitative estimate of drug-likeness (QED) is 0.286. The molecule has 2 atom stereocenters. The van der Waals surface area contributed by atoms with Gasteiger partial charge in [0.1, 0.15) is 0 Å². The van der Waals surface area contributed by atoms with Crippen LogP contribution < -0.4 is 4.90 Å². The molecule has 0 saturated carbocycles. The first-order valence-electron chi connectivity index (χ1n) is 12.9. The number of carbonyl (C=O) groups is 1. The van der Waals surface area contributed by atoms with Gasteiger partial charge < -0.3 is 4.90 Å². The fourth-order valence-electron chi connectivity index (χ4n) is 5.42. The van der Waals surface area contributed by atoms with E-state index in [9.17, 15) is 4.79 Å². The van der Waals surface area contributed by atoms with Crippen molar-refractivity contribution in [3.63, 3.8) is 0 Å². The van der Waals surface area contributed by atoms with Crippen molar-refractivity contribution in [2.45, 2.75) is 19.4 Å². The van der Waals surface area contributed by atoms with Crippen LogP contribution in [0, 0.1) is 11.8 Å². The smallest absolute Gasteiger partial charge is 0.231 e. The van der Waals surface area contributed by atoms with E-state index in [1.54, 1.807) is 0 Å². The van der Waals surface area contributed by atoms with Gasteiger partial charge in [0, 0.05) is 31.9 Å². The fourth-order valence-corrected chi connectivity index (χ4v) is 5.42. The monoisotopic (exact) mass is 474 g/mol. The van der Waals surface area contributed by atoms with Crippen molar-refractivity contribution in [2.75, 3.05) is 24.5 Å². The number of likely N-dealkylation sites (tertiary alicyclic amines) is 1. The Morgan fingerprint density at radius 3 is 1.75 bits per heavy atom. The first kappa shape index (κ1) is 24.0. The van der Waals surface area contributed by atoms with Crippen LogP contribution >= 0.6 is 0 Å². The van der Waals surface area contributed by atoms with E-state index in [0.29, 0.717) is 18.3 Å². The zero-order chi connectivity index (χ0) is 24.6. The SMILES string of the molecule is O=C(Cc1ccccc1)N(CC1CN(Cc2ccccc2)CC1Cc1ccccc1)c1ccccc1. The Balaban J connectivity index is 1.38. The third-order valence-corrected chi connectivity index (χ3v) is 7.23.